The number of benzene rings is 2. The maximum atomic E-state index is 12.9. The summed E-state index contributed by atoms with van der Waals surface area (Å²) in [6, 6.07) is 13.3. The number of nitrogens with one attached hydrogen (secondary N) is 1. The molecule has 0 saturated heterocycles. The first-order valence-electron chi connectivity index (χ1n) is 9.02. The zero-order chi connectivity index (χ0) is 20.4. The van der Waals surface area contributed by atoms with E-state index >= 15 is 0 Å². The van der Waals surface area contributed by atoms with Crippen molar-refractivity contribution in [3.05, 3.63) is 59.9 Å². The van der Waals surface area contributed by atoms with Crippen LogP contribution >= 0.6 is 0 Å². The van der Waals surface area contributed by atoms with Crippen LogP contribution in [0.1, 0.15) is 12.5 Å². The molecule has 150 valence electrons. The van der Waals surface area contributed by atoms with Crippen LogP contribution in [0, 0.1) is 5.82 Å². The molecule has 0 aliphatic carbocycles. The van der Waals surface area contributed by atoms with E-state index in [0.29, 0.717) is 37.6 Å². The maximum absolute atomic E-state index is 12.9. The average Bonchev–Trinajstić information content (AvgIpc) is 2.70. The lowest BCUT2D eigenvalue weighted by atomic mass is 10.1. The molecule has 0 saturated carbocycles. The highest BCUT2D eigenvalue weighted by atomic mass is 19.1. The van der Waals surface area contributed by atoms with Crippen LogP contribution in [0.25, 0.3) is 0 Å². The first-order valence-corrected chi connectivity index (χ1v) is 9.02. The summed E-state index contributed by atoms with van der Waals surface area (Å²) in [6.45, 7) is 2.54. The largest absolute Gasteiger partial charge is 0.493 e. The predicted octanol–water partition coefficient (Wildman–Crippen LogP) is 2.42. The summed E-state index contributed by atoms with van der Waals surface area (Å²) in [6.07, 6.45) is 0.616. The standard InChI is InChI=1S/C21H25FN2O4/c1-16(25)24(13-11-17-7-9-18(22)10-8-17)14-12-23-21(26)15-28-20-6-4-3-5-19(20)27-2/h3-10H,11-15H2,1-2H3,(H,23,26). The molecule has 7 heteroatoms. The SMILES string of the molecule is COc1ccccc1OCC(=O)NCCN(CCc1ccc(F)cc1)C(C)=O. The van der Waals surface area contributed by atoms with Gasteiger partial charge in [0.15, 0.2) is 18.1 Å². The van der Waals surface area contributed by atoms with Gasteiger partial charge in [0.1, 0.15) is 5.82 Å². The summed E-state index contributed by atoms with van der Waals surface area (Å²) >= 11 is 0. The fraction of sp³-hybridized carbons (Fsp3) is 0.333. The molecule has 0 aliphatic heterocycles. The number of para-hydroxylation sites is 2. The summed E-state index contributed by atoms with van der Waals surface area (Å²) in [5, 5.41) is 2.73. The number of ether oxygens (including phenoxy) is 2. The number of halogens is 1. The van der Waals surface area contributed by atoms with Crippen molar-refractivity contribution in [2.45, 2.75) is 13.3 Å². The van der Waals surface area contributed by atoms with Crippen molar-refractivity contribution < 1.29 is 23.5 Å². The predicted molar refractivity (Wildman–Crippen MR) is 104 cm³/mol. The number of methoxy groups -OCH3 is 1. The van der Waals surface area contributed by atoms with E-state index in [1.165, 1.54) is 26.2 Å². The van der Waals surface area contributed by atoms with Crippen molar-refractivity contribution in [1.82, 2.24) is 10.2 Å². The Morgan fingerprint density at radius 2 is 1.71 bits per heavy atom. The number of hydrogen-bond donors (Lipinski definition) is 1. The van der Waals surface area contributed by atoms with Gasteiger partial charge in [-0.25, -0.2) is 4.39 Å². The maximum Gasteiger partial charge on any atom is 0.258 e. The smallest absolute Gasteiger partial charge is 0.258 e. The summed E-state index contributed by atoms with van der Waals surface area (Å²) in [7, 11) is 1.53. The van der Waals surface area contributed by atoms with E-state index < -0.39 is 0 Å². The molecule has 0 aromatic heterocycles. The van der Waals surface area contributed by atoms with Gasteiger partial charge < -0.3 is 19.7 Å². The Kier molecular flexibility index (Phi) is 8.27. The van der Waals surface area contributed by atoms with Crippen LogP contribution in [0.5, 0.6) is 11.5 Å². The molecule has 1 N–H and O–H groups in total. The lowest BCUT2D eigenvalue weighted by Gasteiger charge is -2.21. The summed E-state index contributed by atoms with van der Waals surface area (Å²) in [4.78, 5) is 25.4. The molecule has 0 radical (unpaired) electrons. The lowest BCUT2D eigenvalue weighted by Crippen LogP contribution is -2.39. The average molecular weight is 388 g/mol. The van der Waals surface area contributed by atoms with E-state index in [-0.39, 0.29) is 24.2 Å². The van der Waals surface area contributed by atoms with Crippen LogP contribution in [0.3, 0.4) is 0 Å². The summed E-state index contributed by atoms with van der Waals surface area (Å²) in [5.41, 5.74) is 0.946. The highest BCUT2D eigenvalue weighted by molar-refractivity contribution is 5.77. The van der Waals surface area contributed by atoms with Crippen LogP contribution < -0.4 is 14.8 Å². The zero-order valence-electron chi connectivity index (χ0n) is 16.1. The van der Waals surface area contributed by atoms with Gasteiger partial charge in [-0.15, -0.1) is 0 Å². The summed E-state index contributed by atoms with van der Waals surface area (Å²) < 4.78 is 23.6. The van der Waals surface area contributed by atoms with Crippen LogP contribution in [-0.4, -0.2) is 50.1 Å². The second kappa shape index (κ2) is 10.9. The minimum Gasteiger partial charge on any atom is -0.493 e. The molecule has 2 aromatic rings. The van der Waals surface area contributed by atoms with Crippen LogP contribution in [0.4, 0.5) is 4.39 Å². The molecule has 0 aliphatic rings. The Morgan fingerprint density at radius 1 is 1.04 bits per heavy atom. The van der Waals surface area contributed by atoms with E-state index in [1.54, 1.807) is 35.2 Å². The van der Waals surface area contributed by atoms with E-state index in [4.69, 9.17) is 9.47 Å². The number of rotatable bonds is 10. The molecule has 6 nitrogen and oxygen atoms in total. The molecule has 0 atom stereocenters. The fourth-order valence-electron chi connectivity index (χ4n) is 2.60. The van der Waals surface area contributed by atoms with Gasteiger partial charge in [0.05, 0.1) is 7.11 Å². The molecule has 0 heterocycles. The van der Waals surface area contributed by atoms with E-state index in [2.05, 4.69) is 5.32 Å². The van der Waals surface area contributed by atoms with Crippen LogP contribution in [-0.2, 0) is 16.0 Å². The molecule has 0 bridgehead atoms. The van der Waals surface area contributed by atoms with Gasteiger partial charge in [-0.2, -0.15) is 0 Å². The van der Waals surface area contributed by atoms with Crippen molar-refractivity contribution in [1.29, 1.82) is 0 Å². The number of nitrogens with zero attached hydrogens (tertiary/aromatic N) is 1. The Morgan fingerprint density at radius 3 is 2.36 bits per heavy atom. The van der Waals surface area contributed by atoms with Crippen LogP contribution in [0.15, 0.2) is 48.5 Å². The van der Waals surface area contributed by atoms with Gasteiger partial charge >= 0.3 is 0 Å². The third-order valence-electron chi connectivity index (χ3n) is 4.16. The quantitative estimate of drug-likeness (QED) is 0.679. The van der Waals surface area contributed by atoms with Gasteiger partial charge in [0.2, 0.25) is 5.91 Å². The van der Waals surface area contributed by atoms with Crippen molar-refractivity contribution in [3.63, 3.8) is 0 Å². The Labute approximate surface area is 164 Å². The minimum atomic E-state index is -0.287. The first kappa shape index (κ1) is 21.2. The zero-order valence-corrected chi connectivity index (χ0v) is 16.1. The number of amides is 2. The topological polar surface area (TPSA) is 67.9 Å². The fourth-order valence-corrected chi connectivity index (χ4v) is 2.60. The summed E-state index contributed by atoms with van der Waals surface area (Å²) in [5.74, 6) is 0.392. The molecule has 2 rings (SSSR count). The second-order valence-electron chi connectivity index (χ2n) is 6.17. The monoisotopic (exact) mass is 388 g/mol. The van der Waals surface area contributed by atoms with E-state index in [1.807, 2.05) is 6.07 Å². The molecular formula is C21H25FN2O4. The molecule has 0 fully saturated rings. The number of carbonyl (C=O) groups excluding carboxylic acids is 2. The number of carbonyl (C=O) groups is 2. The van der Waals surface area contributed by atoms with E-state index in [0.717, 1.165) is 5.56 Å². The lowest BCUT2D eigenvalue weighted by molar-refractivity contribution is -0.129. The first-order chi connectivity index (χ1) is 13.5. The molecular weight excluding hydrogens is 363 g/mol. The number of hydrogen-bond acceptors (Lipinski definition) is 4. The van der Waals surface area contributed by atoms with Gasteiger partial charge in [0, 0.05) is 26.6 Å². The Balaban J connectivity index is 1.73. The highest BCUT2D eigenvalue weighted by Gasteiger charge is 2.11. The third-order valence-corrected chi connectivity index (χ3v) is 4.16. The van der Waals surface area contributed by atoms with Crippen molar-refractivity contribution in [2.24, 2.45) is 0 Å². The molecule has 0 spiro atoms. The van der Waals surface area contributed by atoms with Gasteiger partial charge in [-0.05, 0) is 36.2 Å². The Bertz CT molecular complexity index is 780. The third kappa shape index (κ3) is 6.90. The minimum absolute atomic E-state index is 0.0818. The molecule has 0 unspecified atom stereocenters. The molecule has 2 aromatic carbocycles. The van der Waals surface area contributed by atoms with Crippen molar-refractivity contribution >= 4 is 11.8 Å². The highest BCUT2D eigenvalue weighted by Crippen LogP contribution is 2.25. The Hall–Kier alpha value is -3.09. The second-order valence-corrected chi connectivity index (χ2v) is 6.17. The normalized spacial score (nSPS) is 10.2. The molecule has 2 amide bonds. The van der Waals surface area contributed by atoms with Gasteiger partial charge in [0.25, 0.3) is 5.91 Å². The van der Waals surface area contributed by atoms with Gasteiger partial charge in [-0.1, -0.05) is 24.3 Å². The van der Waals surface area contributed by atoms with Gasteiger partial charge in [-0.3, -0.25) is 9.59 Å². The molecule has 28 heavy (non-hydrogen) atoms. The van der Waals surface area contributed by atoms with Crippen LogP contribution in [0.2, 0.25) is 0 Å². The van der Waals surface area contributed by atoms with Crippen molar-refractivity contribution in [2.75, 3.05) is 33.4 Å². The van der Waals surface area contributed by atoms with E-state index in [9.17, 15) is 14.0 Å². The van der Waals surface area contributed by atoms with Crippen molar-refractivity contribution in [3.8, 4) is 11.5 Å².